The molecule has 3 aromatic carbocycles. The Morgan fingerprint density at radius 2 is 1.60 bits per heavy atom. The number of hydrogen-bond acceptors (Lipinski definition) is 4. The van der Waals surface area contributed by atoms with Crippen molar-refractivity contribution in [2.75, 3.05) is 6.54 Å². The van der Waals surface area contributed by atoms with E-state index >= 15 is 0 Å². The van der Waals surface area contributed by atoms with E-state index in [-0.39, 0.29) is 5.91 Å². The minimum atomic E-state index is -0.0300. The van der Waals surface area contributed by atoms with Gasteiger partial charge in [-0.15, -0.1) is 0 Å². The molecule has 0 unspecified atom stereocenters. The third kappa shape index (κ3) is 6.94. The molecule has 1 amide bonds. The van der Waals surface area contributed by atoms with Gasteiger partial charge >= 0.3 is 0 Å². The smallest absolute Gasteiger partial charge is 0.266 e. The molecule has 35 heavy (non-hydrogen) atoms. The predicted octanol–water partition coefficient (Wildman–Crippen LogP) is 8.80. The molecule has 1 saturated heterocycles. The van der Waals surface area contributed by atoms with Crippen LogP contribution in [0.2, 0.25) is 10.0 Å². The number of carbonyl (C=O) groups excluding carboxylic acids is 1. The highest BCUT2D eigenvalue weighted by atomic mass is 127. The third-order valence-electron chi connectivity index (χ3n) is 5.00. The van der Waals surface area contributed by atoms with E-state index in [0.29, 0.717) is 33.3 Å². The molecule has 180 valence electrons. The molecule has 1 aliphatic heterocycles. The second-order valence-corrected chi connectivity index (χ2v) is 11.9. The van der Waals surface area contributed by atoms with Crippen LogP contribution in [0.3, 0.4) is 0 Å². The Balaban J connectivity index is 1.56. The van der Waals surface area contributed by atoms with Crippen molar-refractivity contribution in [1.82, 2.24) is 4.90 Å². The number of hydrogen-bond donors (Lipinski definition) is 0. The molecule has 4 rings (SSSR count). The highest BCUT2D eigenvalue weighted by molar-refractivity contribution is 14.1. The number of carbonyl (C=O) groups is 1. The Hall–Kier alpha value is -1.27. The molecule has 9 heteroatoms. The number of benzene rings is 3. The molecule has 4 nitrogen and oxygen atoms in total. The van der Waals surface area contributed by atoms with Gasteiger partial charge in [-0.05, 0) is 129 Å². The summed E-state index contributed by atoms with van der Waals surface area (Å²) in [6.45, 7) is 3.11. The molecule has 0 N–H and O–H groups in total. The maximum Gasteiger partial charge on any atom is 0.266 e. The monoisotopic (exact) mass is 748 g/mol. The van der Waals surface area contributed by atoms with E-state index in [2.05, 4.69) is 45.2 Å². The number of amides is 1. The maximum atomic E-state index is 13.2. The molecule has 0 saturated carbocycles. The molecule has 0 radical (unpaired) electrons. The van der Waals surface area contributed by atoms with Crippen molar-refractivity contribution in [3.63, 3.8) is 0 Å². The zero-order chi connectivity index (χ0) is 24.9. The molecule has 1 fully saturated rings. The number of ether oxygens (including phenoxy) is 1. The van der Waals surface area contributed by atoms with Gasteiger partial charge in [0, 0.05) is 16.6 Å². The first-order valence-electron chi connectivity index (χ1n) is 10.8. The van der Waals surface area contributed by atoms with Crippen LogP contribution in [0.25, 0.3) is 6.08 Å². The fourth-order valence-corrected chi connectivity index (χ4v) is 6.73. The van der Waals surface area contributed by atoms with Crippen LogP contribution >= 0.6 is 80.1 Å². The van der Waals surface area contributed by atoms with Gasteiger partial charge in [-0.1, -0.05) is 42.3 Å². The summed E-state index contributed by atoms with van der Waals surface area (Å²) in [5.41, 5.74) is 2.75. The maximum absolute atomic E-state index is 13.2. The largest absolute Gasteiger partial charge is 0.487 e. The second kappa shape index (κ2) is 12.3. The zero-order valence-electron chi connectivity index (χ0n) is 18.6. The van der Waals surface area contributed by atoms with Crippen molar-refractivity contribution in [2.24, 2.45) is 4.99 Å². The van der Waals surface area contributed by atoms with E-state index in [9.17, 15) is 4.79 Å². The molecule has 0 bridgehead atoms. The fraction of sp³-hybridized carbons (Fsp3) is 0.154. The third-order valence-corrected chi connectivity index (χ3v) is 8.11. The number of nitrogens with zero attached hydrogens (tertiary/aromatic N) is 2. The average Bonchev–Trinajstić information content (AvgIpc) is 3.10. The SMILES string of the molecule is CCCN1C(=O)/C(=C/c2cc(I)c(OCc3ccc(Cl)cc3)c(I)c2)SC1=Nc1ccc(Cl)cc1. The Morgan fingerprint density at radius 3 is 2.20 bits per heavy atom. The number of thioether (sulfide) groups is 1. The first kappa shape index (κ1) is 26.8. The highest BCUT2D eigenvalue weighted by Gasteiger charge is 2.32. The predicted molar refractivity (Wildman–Crippen MR) is 164 cm³/mol. The van der Waals surface area contributed by atoms with Gasteiger partial charge < -0.3 is 4.74 Å². The van der Waals surface area contributed by atoms with Crippen LogP contribution in [-0.2, 0) is 11.4 Å². The standard InChI is InChI=1S/C26H20Cl2I2N2O2S/c1-2-11-32-25(33)23(35-26(32)31-20-9-7-19(28)8-10-20)14-17-12-21(29)24(22(30)13-17)34-15-16-3-5-18(27)6-4-16/h3-10,12-14H,2,11,15H2,1H3/b23-14-,31-26?. The van der Waals surface area contributed by atoms with Crippen molar-refractivity contribution >= 4 is 103 Å². The first-order chi connectivity index (χ1) is 16.8. The summed E-state index contributed by atoms with van der Waals surface area (Å²) in [5, 5.41) is 2.03. The van der Waals surface area contributed by atoms with Gasteiger partial charge in [-0.25, -0.2) is 4.99 Å². The average molecular weight is 749 g/mol. The summed E-state index contributed by atoms with van der Waals surface area (Å²) in [5.74, 6) is 0.795. The van der Waals surface area contributed by atoms with Crippen LogP contribution in [0.5, 0.6) is 5.75 Å². The summed E-state index contributed by atoms with van der Waals surface area (Å²) in [6.07, 6.45) is 2.77. The lowest BCUT2D eigenvalue weighted by Crippen LogP contribution is -2.29. The molecule has 0 spiro atoms. The van der Waals surface area contributed by atoms with E-state index < -0.39 is 0 Å². The minimum Gasteiger partial charge on any atom is -0.487 e. The van der Waals surface area contributed by atoms with Crippen LogP contribution in [0, 0.1) is 7.14 Å². The molecular formula is C26H20Cl2I2N2O2S. The van der Waals surface area contributed by atoms with Gasteiger partial charge in [0.15, 0.2) is 5.17 Å². The van der Waals surface area contributed by atoms with Crippen molar-refractivity contribution in [2.45, 2.75) is 20.0 Å². The van der Waals surface area contributed by atoms with Crippen LogP contribution in [0.1, 0.15) is 24.5 Å². The van der Waals surface area contributed by atoms with E-state index in [1.165, 1.54) is 11.8 Å². The number of aliphatic imine (C=N–C) groups is 1. The minimum absolute atomic E-state index is 0.0300. The summed E-state index contributed by atoms with van der Waals surface area (Å²) < 4.78 is 8.05. The lowest BCUT2D eigenvalue weighted by Gasteiger charge is -2.14. The lowest BCUT2D eigenvalue weighted by molar-refractivity contribution is -0.122. The van der Waals surface area contributed by atoms with Crippen molar-refractivity contribution in [1.29, 1.82) is 0 Å². The van der Waals surface area contributed by atoms with Gasteiger partial charge in [-0.2, -0.15) is 0 Å². The number of rotatable bonds is 7. The van der Waals surface area contributed by atoms with Gasteiger partial charge in [0.1, 0.15) is 12.4 Å². The van der Waals surface area contributed by atoms with Crippen LogP contribution in [0.15, 0.2) is 70.6 Å². The Bertz CT molecular complexity index is 1270. The molecular weight excluding hydrogens is 729 g/mol. The molecule has 0 atom stereocenters. The van der Waals surface area contributed by atoms with Crippen LogP contribution < -0.4 is 4.74 Å². The van der Waals surface area contributed by atoms with E-state index in [1.54, 1.807) is 17.0 Å². The van der Waals surface area contributed by atoms with Crippen molar-refractivity contribution in [3.05, 3.63) is 93.9 Å². The molecule has 0 aromatic heterocycles. The van der Waals surface area contributed by atoms with Gasteiger partial charge in [0.05, 0.1) is 17.7 Å². The summed E-state index contributed by atoms with van der Waals surface area (Å²) >= 11 is 17.9. The van der Waals surface area contributed by atoms with Gasteiger partial charge in [0.2, 0.25) is 0 Å². The summed E-state index contributed by atoms with van der Waals surface area (Å²) in [4.78, 5) is 20.3. The molecule has 3 aromatic rings. The molecule has 0 aliphatic carbocycles. The van der Waals surface area contributed by atoms with E-state index in [4.69, 9.17) is 32.9 Å². The second-order valence-electron chi connectivity index (χ2n) is 7.67. The Morgan fingerprint density at radius 1 is 1.00 bits per heavy atom. The summed E-state index contributed by atoms with van der Waals surface area (Å²) in [6, 6.07) is 19.0. The quantitative estimate of drug-likeness (QED) is 0.179. The summed E-state index contributed by atoms with van der Waals surface area (Å²) in [7, 11) is 0. The molecule has 1 aliphatic rings. The topological polar surface area (TPSA) is 41.9 Å². The zero-order valence-corrected chi connectivity index (χ0v) is 25.2. The van der Waals surface area contributed by atoms with Crippen molar-refractivity contribution in [3.8, 4) is 5.75 Å². The normalized spacial score (nSPS) is 15.9. The van der Waals surface area contributed by atoms with E-state index in [0.717, 1.165) is 36.1 Å². The number of halogens is 4. The Labute approximate surface area is 246 Å². The van der Waals surface area contributed by atoms with Gasteiger partial charge in [0.25, 0.3) is 5.91 Å². The Kier molecular flexibility index (Phi) is 9.42. The van der Waals surface area contributed by atoms with E-state index in [1.807, 2.05) is 61.5 Å². The van der Waals surface area contributed by atoms with Gasteiger partial charge in [-0.3, -0.25) is 9.69 Å². The first-order valence-corrected chi connectivity index (χ1v) is 14.5. The highest BCUT2D eigenvalue weighted by Crippen LogP contribution is 2.36. The fourth-order valence-electron chi connectivity index (χ4n) is 3.33. The lowest BCUT2D eigenvalue weighted by atomic mass is 10.2. The molecule has 1 heterocycles. The van der Waals surface area contributed by atoms with Crippen LogP contribution in [-0.4, -0.2) is 22.5 Å². The van der Waals surface area contributed by atoms with Crippen molar-refractivity contribution < 1.29 is 9.53 Å². The number of amidine groups is 1. The van der Waals surface area contributed by atoms with Crippen LogP contribution in [0.4, 0.5) is 5.69 Å².